The average Bonchev–Trinajstić information content (AvgIpc) is 2.82. The van der Waals surface area contributed by atoms with Gasteiger partial charge in [-0.25, -0.2) is 4.98 Å². The number of rotatable bonds is 10. The minimum Gasteiger partial charge on any atom is -0.378 e. The van der Waals surface area contributed by atoms with Crippen molar-refractivity contribution in [1.82, 2.24) is 14.5 Å². The number of ether oxygens (including phenoxy) is 2. The molecule has 34 heavy (non-hydrogen) atoms. The Labute approximate surface area is 206 Å². The second-order valence-electron chi connectivity index (χ2n) is 9.03. The number of morpholine rings is 1. The Morgan fingerprint density at radius 1 is 1.24 bits per heavy atom. The lowest BCUT2D eigenvalue weighted by Crippen LogP contribution is -2.50. The van der Waals surface area contributed by atoms with Crippen molar-refractivity contribution in [3.05, 3.63) is 57.5 Å². The topological polar surface area (TPSA) is 73.7 Å². The Morgan fingerprint density at radius 2 is 1.91 bits per heavy atom. The third kappa shape index (κ3) is 6.71. The standard InChI is InChI=1S/C26H37N3O4S/c1-6-7-13-23(25(31)29-15-18(2)33-19(3)16-29)34-26-27-22(17-32-5)21(24(30)28(26)4)14-20-11-9-8-10-12-20/h8-12,18-19,23H,6-7,13-17H2,1-5H3. The van der Waals surface area contributed by atoms with Gasteiger partial charge in [-0.3, -0.25) is 14.2 Å². The van der Waals surface area contributed by atoms with Gasteiger partial charge in [-0.15, -0.1) is 0 Å². The highest BCUT2D eigenvalue weighted by Gasteiger charge is 2.32. The van der Waals surface area contributed by atoms with E-state index in [4.69, 9.17) is 14.5 Å². The van der Waals surface area contributed by atoms with Crippen LogP contribution in [0.3, 0.4) is 0 Å². The van der Waals surface area contributed by atoms with E-state index in [1.54, 1.807) is 18.7 Å². The van der Waals surface area contributed by atoms with Gasteiger partial charge < -0.3 is 14.4 Å². The minimum atomic E-state index is -0.300. The molecule has 2 heterocycles. The first-order chi connectivity index (χ1) is 16.3. The smallest absolute Gasteiger partial charge is 0.257 e. The monoisotopic (exact) mass is 487 g/mol. The molecule has 0 bridgehead atoms. The van der Waals surface area contributed by atoms with Crippen molar-refractivity contribution < 1.29 is 14.3 Å². The van der Waals surface area contributed by atoms with Crippen LogP contribution in [-0.2, 0) is 34.3 Å². The first-order valence-electron chi connectivity index (χ1n) is 12.1. The molecule has 7 nitrogen and oxygen atoms in total. The van der Waals surface area contributed by atoms with Crippen molar-refractivity contribution in [2.75, 3.05) is 20.2 Å². The first kappa shape index (κ1) is 26.4. The van der Waals surface area contributed by atoms with Gasteiger partial charge in [0.1, 0.15) is 0 Å². The lowest BCUT2D eigenvalue weighted by molar-refractivity contribution is -0.142. The molecule has 0 N–H and O–H groups in total. The highest BCUT2D eigenvalue weighted by Crippen LogP contribution is 2.28. The number of aromatic nitrogens is 2. The Kier molecular flexibility index (Phi) is 9.74. The molecule has 1 aliphatic rings. The normalized spacial score (nSPS) is 19.3. The van der Waals surface area contributed by atoms with E-state index >= 15 is 0 Å². The molecule has 3 rings (SSSR count). The van der Waals surface area contributed by atoms with Gasteiger partial charge in [-0.1, -0.05) is 61.9 Å². The molecule has 1 aromatic heterocycles. The maximum atomic E-state index is 13.5. The van der Waals surface area contributed by atoms with Crippen LogP contribution in [0.25, 0.3) is 0 Å². The van der Waals surface area contributed by atoms with E-state index in [0.717, 1.165) is 24.8 Å². The first-order valence-corrected chi connectivity index (χ1v) is 12.9. The van der Waals surface area contributed by atoms with Crippen LogP contribution in [-0.4, -0.2) is 58.0 Å². The summed E-state index contributed by atoms with van der Waals surface area (Å²) >= 11 is 1.39. The molecule has 0 aliphatic carbocycles. The number of benzene rings is 1. The molecule has 1 amide bonds. The number of hydrogen-bond acceptors (Lipinski definition) is 6. The number of methoxy groups -OCH3 is 1. The van der Waals surface area contributed by atoms with Crippen LogP contribution in [0.15, 0.2) is 40.3 Å². The van der Waals surface area contributed by atoms with Crippen LogP contribution >= 0.6 is 11.8 Å². The molecule has 0 saturated carbocycles. The predicted molar refractivity (Wildman–Crippen MR) is 135 cm³/mol. The lowest BCUT2D eigenvalue weighted by atomic mass is 10.0. The lowest BCUT2D eigenvalue weighted by Gasteiger charge is -2.37. The van der Waals surface area contributed by atoms with E-state index in [-0.39, 0.29) is 35.5 Å². The quantitative estimate of drug-likeness (QED) is 0.375. The fourth-order valence-corrected chi connectivity index (χ4v) is 5.51. The largest absolute Gasteiger partial charge is 0.378 e. The molecule has 1 aliphatic heterocycles. The van der Waals surface area contributed by atoms with Gasteiger partial charge in [0.2, 0.25) is 5.91 Å². The highest BCUT2D eigenvalue weighted by atomic mass is 32.2. The molecule has 1 fully saturated rings. The number of carbonyl (C=O) groups is 1. The molecule has 0 spiro atoms. The van der Waals surface area contributed by atoms with Crippen molar-refractivity contribution in [2.24, 2.45) is 7.05 Å². The number of thioether (sulfide) groups is 1. The third-order valence-electron chi connectivity index (χ3n) is 6.01. The summed E-state index contributed by atoms with van der Waals surface area (Å²) in [5, 5.41) is 0.253. The van der Waals surface area contributed by atoms with Gasteiger partial charge in [-0.2, -0.15) is 0 Å². The average molecular weight is 488 g/mol. The summed E-state index contributed by atoms with van der Waals surface area (Å²) in [6.45, 7) is 7.54. The molecule has 1 saturated heterocycles. The molecular weight excluding hydrogens is 450 g/mol. The van der Waals surface area contributed by atoms with Crippen molar-refractivity contribution in [3.8, 4) is 0 Å². The predicted octanol–water partition coefficient (Wildman–Crippen LogP) is 3.80. The van der Waals surface area contributed by atoms with Crippen molar-refractivity contribution in [1.29, 1.82) is 0 Å². The SMILES string of the molecule is CCCCC(Sc1nc(COC)c(Cc2ccccc2)c(=O)n1C)C(=O)N1CC(C)OC(C)C1. The summed E-state index contributed by atoms with van der Waals surface area (Å²) in [7, 11) is 3.34. The van der Waals surface area contributed by atoms with Gasteiger partial charge in [0.05, 0.1) is 29.8 Å². The Balaban J connectivity index is 1.91. The van der Waals surface area contributed by atoms with Crippen LogP contribution in [0, 0.1) is 0 Å². The number of hydrogen-bond donors (Lipinski definition) is 0. The maximum Gasteiger partial charge on any atom is 0.257 e. The summed E-state index contributed by atoms with van der Waals surface area (Å²) in [5.41, 5.74) is 2.22. The zero-order valence-electron chi connectivity index (χ0n) is 21.0. The fourth-order valence-electron chi connectivity index (χ4n) is 4.32. The zero-order valence-corrected chi connectivity index (χ0v) is 21.8. The molecule has 2 aromatic rings. The molecule has 1 aromatic carbocycles. The molecule has 186 valence electrons. The molecule has 3 atom stereocenters. The Morgan fingerprint density at radius 3 is 2.53 bits per heavy atom. The summed E-state index contributed by atoms with van der Waals surface area (Å²) in [4.78, 5) is 33.6. The van der Waals surface area contributed by atoms with Gasteiger partial charge in [0.25, 0.3) is 5.56 Å². The van der Waals surface area contributed by atoms with E-state index in [9.17, 15) is 9.59 Å². The van der Waals surface area contributed by atoms with Crippen molar-refractivity contribution in [3.63, 3.8) is 0 Å². The van der Waals surface area contributed by atoms with Crippen LogP contribution in [0.5, 0.6) is 0 Å². The van der Waals surface area contributed by atoms with Gasteiger partial charge in [-0.05, 0) is 25.8 Å². The van der Waals surface area contributed by atoms with Crippen LogP contribution in [0.2, 0.25) is 0 Å². The summed E-state index contributed by atoms with van der Waals surface area (Å²) in [6, 6.07) is 9.89. The Hall–Kier alpha value is -2.16. The third-order valence-corrected chi connectivity index (χ3v) is 7.31. The van der Waals surface area contributed by atoms with Crippen molar-refractivity contribution in [2.45, 2.75) is 75.7 Å². The van der Waals surface area contributed by atoms with Gasteiger partial charge in [0.15, 0.2) is 5.16 Å². The molecule has 3 unspecified atom stereocenters. The minimum absolute atomic E-state index is 0.0116. The van der Waals surface area contributed by atoms with Crippen LogP contribution in [0.1, 0.15) is 56.9 Å². The van der Waals surface area contributed by atoms with Gasteiger partial charge >= 0.3 is 0 Å². The molecule has 0 radical (unpaired) electrons. The van der Waals surface area contributed by atoms with E-state index in [1.165, 1.54) is 11.8 Å². The van der Waals surface area contributed by atoms with Crippen LogP contribution < -0.4 is 5.56 Å². The van der Waals surface area contributed by atoms with E-state index in [2.05, 4.69) is 6.92 Å². The number of unbranched alkanes of at least 4 members (excludes halogenated alkanes) is 1. The second-order valence-corrected chi connectivity index (χ2v) is 10.2. The molecular formula is C26H37N3O4S. The zero-order chi connectivity index (χ0) is 24.7. The van der Waals surface area contributed by atoms with Crippen molar-refractivity contribution >= 4 is 17.7 Å². The number of nitrogens with zero attached hydrogens (tertiary/aromatic N) is 3. The summed E-state index contributed by atoms with van der Waals surface area (Å²) in [6.07, 6.45) is 3.18. The van der Waals surface area contributed by atoms with Gasteiger partial charge in [0, 0.05) is 39.2 Å². The summed E-state index contributed by atoms with van der Waals surface area (Å²) < 4.78 is 12.8. The molecule has 8 heteroatoms. The summed E-state index contributed by atoms with van der Waals surface area (Å²) in [5.74, 6) is 0.0938. The fraction of sp³-hybridized carbons (Fsp3) is 0.577. The maximum absolute atomic E-state index is 13.5. The highest BCUT2D eigenvalue weighted by molar-refractivity contribution is 8.00. The number of amides is 1. The number of carbonyl (C=O) groups excluding carboxylic acids is 1. The second kappa shape index (κ2) is 12.5. The van der Waals surface area contributed by atoms with Crippen LogP contribution in [0.4, 0.5) is 0 Å². The van der Waals surface area contributed by atoms with E-state index in [0.29, 0.717) is 35.9 Å². The van der Waals surface area contributed by atoms with E-state index in [1.807, 2.05) is 49.1 Å². The van der Waals surface area contributed by atoms with E-state index < -0.39 is 0 Å². The Bertz CT molecular complexity index is 1000.